The number of thiocarbonyl (C=S) groups is 1. The Kier molecular flexibility index (Phi) is 9.56. The van der Waals surface area contributed by atoms with E-state index in [9.17, 15) is 14.9 Å². The molecule has 3 heterocycles. The third-order valence-electron chi connectivity index (χ3n) is 7.22. The fraction of sp³-hybridized carbons (Fsp3) is 0.615. The first-order valence-corrected chi connectivity index (χ1v) is 13.9. The molecule has 190 valence electrons. The lowest BCUT2D eigenvalue weighted by molar-refractivity contribution is -0.122. The van der Waals surface area contributed by atoms with E-state index >= 15 is 0 Å². The molecule has 2 fully saturated rings. The molecule has 2 aliphatic rings. The molecule has 1 aromatic rings. The lowest BCUT2D eigenvalue weighted by atomic mass is 9.99. The third kappa shape index (κ3) is 5.82. The minimum absolute atomic E-state index is 0.0801. The summed E-state index contributed by atoms with van der Waals surface area (Å²) >= 11 is 6.92. The number of anilines is 1. The van der Waals surface area contributed by atoms with E-state index in [1.165, 1.54) is 11.8 Å². The fourth-order valence-electron chi connectivity index (χ4n) is 4.83. The normalized spacial score (nSPS) is 19.0. The lowest BCUT2D eigenvalue weighted by Crippen LogP contribution is -2.48. The first-order chi connectivity index (χ1) is 16.8. The summed E-state index contributed by atoms with van der Waals surface area (Å²) in [7, 11) is 1.71. The van der Waals surface area contributed by atoms with E-state index < -0.39 is 0 Å². The second-order valence-electron chi connectivity index (χ2n) is 9.34. The molecule has 0 N–H and O–H groups in total. The molecule has 35 heavy (non-hydrogen) atoms. The highest BCUT2D eigenvalue weighted by Gasteiger charge is 2.34. The van der Waals surface area contributed by atoms with Crippen molar-refractivity contribution in [3.63, 3.8) is 0 Å². The van der Waals surface area contributed by atoms with E-state index in [0.29, 0.717) is 27.3 Å². The van der Waals surface area contributed by atoms with Gasteiger partial charge in [-0.25, -0.2) is 0 Å². The van der Waals surface area contributed by atoms with Crippen LogP contribution in [0.3, 0.4) is 0 Å². The Morgan fingerprint density at radius 2 is 1.86 bits per heavy atom. The number of thioether (sulfide) groups is 1. The van der Waals surface area contributed by atoms with Gasteiger partial charge in [-0.2, -0.15) is 5.26 Å². The molecular formula is C26H37N5O2S2. The Hall–Kier alpha value is -2.15. The van der Waals surface area contributed by atoms with Crippen molar-refractivity contribution in [2.45, 2.75) is 53.4 Å². The number of piperazine rings is 1. The van der Waals surface area contributed by atoms with Crippen LogP contribution in [0.5, 0.6) is 0 Å². The summed E-state index contributed by atoms with van der Waals surface area (Å²) in [6, 6.07) is 2.08. The van der Waals surface area contributed by atoms with E-state index in [2.05, 4.69) is 36.6 Å². The van der Waals surface area contributed by atoms with Gasteiger partial charge in [-0.1, -0.05) is 64.0 Å². The van der Waals surface area contributed by atoms with Crippen molar-refractivity contribution in [1.29, 1.82) is 5.26 Å². The maximum atomic E-state index is 13.4. The molecule has 0 saturated carbocycles. The Bertz CT molecular complexity index is 1100. The maximum Gasteiger partial charge on any atom is 0.270 e. The minimum atomic E-state index is -0.302. The van der Waals surface area contributed by atoms with Crippen LogP contribution < -0.4 is 10.5 Å². The number of hydrogen-bond acceptors (Lipinski definition) is 7. The van der Waals surface area contributed by atoms with Gasteiger partial charge in [0.15, 0.2) is 0 Å². The fourth-order valence-corrected chi connectivity index (χ4v) is 6.09. The van der Waals surface area contributed by atoms with Crippen LogP contribution in [0.25, 0.3) is 6.08 Å². The van der Waals surface area contributed by atoms with E-state index in [1.54, 1.807) is 23.4 Å². The van der Waals surface area contributed by atoms with Gasteiger partial charge in [0, 0.05) is 45.3 Å². The van der Waals surface area contributed by atoms with Crippen LogP contribution in [-0.4, -0.2) is 63.9 Å². The predicted molar refractivity (Wildman–Crippen MR) is 149 cm³/mol. The number of carbonyl (C=O) groups excluding carboxylic acids is 1. The van der Waals surface area contributed by atoms with Crippen LogP contribution in [0.2, 0.25) is 0 Å². The van der Waals surface area contributed by atoms with Gasteiger partial charge in [-0.15, -0.1) is 0 Å². The largest absolute Gasteiger partial charge is 0.355 e. The Balaban J connectivity index is 2.01. The van der Waals surface area contributed by atoms with Crippen LogP contribution in [0.1, 0.15) is 63.1 Å². The van der Waals surface area contributed by atoms with Gasteiger partial charge in [0.2, 0.25) is 0 Å². The summed E-state index contributed by atoms with van der Waals surface area (Å²) in [6.45, 7) is 13.3. The molecule has 1 unspecified atom stereocenters. The number of rotatable bonds is 9. The van der Waals surface area contributed by atoms with Gasteiger partial charge in [0.25, 0.3) is 11.5 Å². The van der Waals surface area contributed by atoms with E-state index in [4.69, 9.17) is 12.2 Å². The molecule has 0 spiro atoms. The minimum Gasteiger partial charge on any atom is -0.355 e. The predicted octanol–water partition coefficient (Wildman–Crippen LogP) is 4.12. The smallest absolute Gasteiger partial charge is 0.270 e. The molecule has 2 saturated heterocycles. The number of likely N-dealkylation sites (N-methyl/N-ethyl adjacent to an activating group) is 1. The zero-order valence-electron chi connectivity index (χ0n) is 21.6. The Morgan fingerprint density at radius 3 is 2.43 bits per heavy atom. The number of carbonyl (C=O) groups is 1. The van der Waals surface area contributed by atoms with Gasteiger partial charge in [-0.3, -0.25) is 19.1 Å². The average molecular weight is 516 g/mol. The number of hydrogen-bond donors (Lipinski definition) is 0. The van der Waals surface area contributed by atoms with Crippen molar-refractivity contribution < 1.29 is 4.79 Å². The molecule has 0 radical (unpaired) electrons. The molecule has 1 aromatic heterocycles. The van der Waals surface area contributed by atoms with Crippen LogP contribution in [-0.2, 0) is 11.8 Å². The maximum absolute atomic E-state index is 13.4. The Morgan fingerprint density at radius 1 is 1.17 bits per heavy atom. The van der Waals surface area contributed by atoms with Crippen LogP contribution >= 0.6 is 24.0 Å². The highest BCUT2D eigenvalue weighted by atomic mass is 32.2. The van der Waals surface area contributed by atoms with Gasteiger partial charge in [0.1, 0.15) is 21.8 Å². The molecule has 9 heteroatoms. The number of pyridine rings is 1. The summed E-state index contributed by atoms with van der Waals surface area (Å²) in [5, 5.41) is 9.70. The van der Waals surface area contributed by atoms with Crippen LogP contribution in [0.4, 0.5) is 5.82 Å². The molecule has 2 aliphatic heterocycles. The molecule has 7 nitrogen and oxygen atoms in total. The van der Waals surface area contributed by atoms with Gasteiger partial charge >= 0.3 is 0 Å². The molecule has 1 amide bonds. The van der Waals surface area contributed by atoms with Gasteiger partial charge < -0.3 is 9.80 Å². The second-order valence-corrected chi connectivity index (χ2v) is 11.0. The first kappa shape index (κ1) is 27.4. The summed E-state index contributed by atoms with van der Waals surface area (Å²) in [4.78, 5) is 33.3. The quantitative estimate of drug-likeness (QED) is 0.362. The van der Waals surface area contributed by atoms with Crippen molar-refractivity contribution >= 4 is 46.1 Å². The molecule has 0 aromatic carbocycles. The van der Waals surface area contributed by atoms with E-state index in [1.807, 2.05) is 6.08 Å². The molecule has 0 bridgehead atoms. The number of unbranched alkanes of at least 4 members (excludes halogenated alkanes) is 1. The monoisotopic (exact) mass is 515 g/mol. The van der Waals surface area contributed by atoms with Crippen molar-refractivity contribution in [2.24, 2.45) is 13.0 Å². The summed E-state index contributed by atoms with van der Waals surface area (Å²) in [5.41, 5.74) is 1.19. The zero-order valence-corrected chi connectivity index (χ0v) is 23.2. The molecule has 0 aliphatic carbocycles. The number of nitriles is 1. The van der Waals surface area contributed by atoms with Crippen molar-refractivity contribution in [1.82, 2.24) is 14.4 Å². The van der Waals surface area contributed by atoms with E-state index in [-0.39, 0.29) is 17.0 Å². The standard InChI is InChI=1S/C26H37N5O2S2/c1-6-9-10-19(7-2)17-31-25(33)22(35-26(31)34)15-20-18(4)21(16-27)24(32)28(5)23(20)30-13-11-29(8-3)12-14-30/h15,19H,6-14,17H2,1-5H3/b22-15-. The third-order valence-corrected chi connectivity index (χ3v) is 8.60. The van der Waals surface area contributed by atoms with Crippen molar-refractivity contribution in [2.75, 3.05) is 44.2 Å². The Labute approximate surface area is 218 Å². The van der Waals surface area contributed by atoms with Gasteiger partial charge in [-0.05, 0) is 37.4 Å². The average Bonchev–Trinajstić information content (AvgIpc) is 3.12. The topological polar surface area (TPSA) is 72.6 Å². The number of amides is 1. The van der Waals surface area contributed by atoms with E-state index in [0.717, 1.165) is 69.8 Å². The number of aromatic nitrogens is 1. The lowest BCUT2D eigenvalue weighted by Gasteiger charge is -2.37. The summed E-state index contributed by atoms with van der Waals surface area (Å²) in [6.07, 6.45) is 6.23. The second kappa shape index (κ2) is 12.2. The molecular weight excluding hydrogens is 478 g/mol. The molecule has 3 rings (SSSR count). The first-order valence-electron chi connectivity index (χ1n) is 12.6. The molecule has 1 atom stereocenters. The highest BCUT2D eigenvalue weighted by Crippen LogP contribution is 2.36. The summed E-state index contributed by atoms with van der Waals surface area (Å²) < 4.78 is 2.15. The van der Waals surface area contributed by atoms with Crippen LogP contribution in [0.15, 0.2) is 9.70 Å². The highest BCUT2D eigenvalue weighted by molar-refractivity contribution is 8.26. The zero-order chi connectivity index (χ0) is 25.7. The van der Waals surface area contributed by atoms with Crippen LogP contribution in [0, 0.1) is 24.2 Å². The van der Waals surface area contributed by atoms with Crippen molar-refractivity contribution in [3.8, 4) is 6.07 Å². The summed E-state index contributed by atoms with van der Waals surface area (Å²) in [5.74, 6) is 1.11. The van der Waals surface area contributed by atoms with Crippen molar-refractivity contribution in [3.05, 3.63) is 31.9 Å². The SMILES string of the molecule is CCCCC(CC)CN1C(=O)/C(=C/c2c(C)c(C#N)c(=O)n(C)c2N2CCN(CC)CC2)SC1=S. The number of nitrogens with zero attached hydrogens (tertiary/aromatic N) is 5. The van der Waals surface area contributed by atoms with Gasteiger partial charge in [0.05, 0.1) is 4.91 Å².